The lowest BCUT2D eigenvalue weighted by molar-refractivity contribution is 0.0672. The molecule has 0 radical (unpaired) electrons. The zero-order chi connectivity index (χ0) is 9.31. The maximum Gasteiger partial charge on any atom is 0.407 e. The van der Waals surface area contributed by atoms with Gasteiger partial charge in [0.25, 0.3) is 0 Å². The van der Waals surface area contributed by atoms with Crippen molar-refractivity contribution in [2.45, 2.75) is 37.0 Å². The molecular weight excluding hydrogens is 186 g/mol. The first-order valence-electron chi connectivity index (χ1n) is 4.79. The van der Waals surface area contributed by atoms with Crippen LogP contribution in [-0.2, 0) is 4.74 Å². The number of alkyl carbamates (subject to hydrolysis) is 1. The molecule has 0 aliphatic carbocycles. The van der Waals surface area contributed by atoms with Gasteiger partial charge < -0.3 is 10.1 Å². The van der Waals surface area contributed by atoms with Gasteiger partial charge in [-0.3, -0.25) is 0 Å². The van der Waals surface area contributed by atoms with Crippen molar-refractivity contribution < 1.29 is 9.53 Å². The highest BCUT2D eigenvalue weighted by Crippen LogP contribution is 2.36. The summed E-state index contributed by atoms with van der Waals surface area (Å²) in [6, 6.07) is 0. The second-order valence-electron chi connectivity index (χ2n) is 3.91. The Hall–Kier alpha value is -0.380. The second kappa shape index (κ2) is 3.40. The van der Waals surface area contributed by atoms with Gasteiger partial charge in [-0.2, -0.15) is 11.8 Å². The summed E-state index contributed by atoms with van der Waals surface area (Å²) in [6.45, 7) is 2.71. The molecule has 13 heavy (non-hydrogen) atoms. The lowest BCUT2D eigenvalue weighted by Crippen LogP contribution is -2.42. The Balaban J connectivity index is 2.01. The van der Waals surface area contributed by atoms with Crippen molar-refractivity contribution in [1.82, 2.24) is 5.32 Å². The molecular formula is C9H15NO2S. The number of hydrogen-bond acceptors (Lipinski definition) is 3. The van der Waals surface area contributed by atoms with E-state index in [-0.39, 0.29) is 11.7 Å². The van der Waals surface area contributed by atoms with Gasteiger partial charge >= 0.3 is 6.09 Å². The van der Waals surface area contributed by atoms with E-state index in [1.54, 1.807) is 0 Å². The Kier molecular flexibility index (Phi) is 2.41. The minimum absolute atomic E-state index is 0.256. The third kappa shape index (κ3) is 1.77. The lowest BCUT2D eigenvalue weighted by Gasteiger charge is -2.33. The van der Waals surface area contributed by atoms with Crippen LogP contribution in [-0.4, -0.2) is 29.2 Å². The van der Waals surface area contributed by atoms with E-state index < -0.39 is 0 Å². The number of amides is 1. The standard InChI is InChI=1S/C9H15NO2S/c1-9(6-10-8(11)12-9)7-4-2-3-5-13-7/h7H,2-6H2,1H3,(H,10,11). The highest BCUT2D eigenvalue weighted by atomic mass is 32.2. The van der Waals surface area contributed by atoms with E-state index in [4.69, 9.17) is 4.74 Å². The van der Waals surface area contributed by atoms with Gasteiger partial charge in [-0.15, -0.1) is 0 Å². The van der Waals surface area contributed by atoms with Gasteiger partial charge in [-0.05, 0) is 25.5 Å². The highest BCUT2D eigenvalue weighted by Gasteiger charge is 2.43. The maximum atomic E-state index is 11.0. The molecule has 2 fully saturated rings. The van der Waals surface area contributed by atoms with Crippen LogP contribution in [0.2, 0.25) is 0 Å². The summed E-state index contributed by atoms with van der Waals surface area (Å²) in [5.74, 6) is 1.21. The molecule has 2 saturated heterocycles. The number of carbonyl (C=O) groups is 1. The molecule has 0 aromatic carbocycles. The summed E-state index contributed by atoms with van der Waals surface area (Å²) in [5, 5.41) is 3.22. The first-order valence-corrected chi connectivity index (χ1v) is 5.84. The summed E-state index contributed by atoms with van der Waals surface area (Å²) >= 11 is 1.94. The van der Waals surface area contributed by atoms with Crippen LogP contribution in [0.3, 0.4) is 0 Å². The van der Waals surface area contributed by atoms with Crippen molar-refractivity contribution in [2.24, 2.45) is 0 Å². The summed E-state index contributed by atoms with van der Waals surface area (Å²) in [5.41, 5.74) is -0.262. The molecule has 2 atom stereocenters. The first kappa shape index (κ1) is 9.19. The molecule has 2 heterocycles. The zero-order valence-corrected chi connectivity index (χ0v) is 8.65. The Labute approximate surface area is 82.6 Å². The number of thioether (sulfide) groups is 1. The predicted octanol–water partition coefficient (Wildman–Crippen LogP) is 1.77. The van der Waals surface area contributed by atoms with E-state index in [0.29, 0.717) is 11.8 Å². The normalized spacial score (nSPS) is 39.8. The zero-order valence-electron chi connectivity index (χ0n) is 7.84. The number of hydrogen-bond donors (Lipinski definition) is 1. The van der Waals surface area contributed by atoms with Crippen LogP contribution in [0.5, 0.6) is 0 Å². The maximum absolute atomic E-state index is 11.0. The number of rotatable bonds is 1. The largest absolute Gasteiger partial charge is 0.440 e. The highest BCUT2D eigenvalue weighted by molar-refractivity contribution is 8.00. The molecule has 2 unspecified atom stereocenters. The van der Waals surface area contributed by atoms with Crippen LogP contribution in [0, 0.1) is 0 Å². The van der Waals surface area contributed by atoms with Crippen molar-refractivity contribution in [2.75, 3.05) is 12.3 Å². The van der Waals surface area contributed by atoms with E-state index in [2.05, 4.69) is 5.32 Å². The van der Waals surface area contributed by atoms with Crippen LogP contribution in [0.1, 0.15) is 26.2 Å². The minimum atomic E-state index is -0.262. The lowest BCUT2D eigenvalue weighted by atomic mass is 9.97. The summed E-state index contributed by atoms with van der Waals surface area (Å²) in [7, 11) is 0. The fourth-order valence-corrected chi connectivity index (χ4v) is 3.41. The molecule has 0 aromatic rings. The van der Waals surface area contributed by atoms with Crippen LogP contribution < -0.4 is 5.32 Å². The fourth-order valence-electron chi connectivity index (χ4n) is 1.93. The van der Waals surface area contributed by atoms with Gasteiger partial charge in [0.05, 0.1) is 6.54 Å². The van der Waals surface area contributed by atoms with Crippen molar-refractivity contribution in [3.63, 3.8) is 0 Å². The van der Waals surface area contributed by atoms with Gasteiger partial charge in [0.2, 0.25) is 0 Å². The van der Waals surface area contributed by atoms with Gasteiger partial charge in [-0.1, -0.05) is 6.42 Å². The monoisotopic (exact) mass is 201 g/mol. The topological polar surface area (TPSA) is 38.3 Å². The quantitative estimate of drug-likeness (QED) is 0.702. The van der Waals surface area contributed by atoms with Crippen LogP contribution in [0.25, 0.3) is 0 Å². The van der Waals surface area contributed by atoms with E-state index in [1.165, 1.54) is 25.0 Å². The molecule has 0 aromatic heterocycles. The molecule has 2 aliphatic heterocycles. The van der Waals surface area contributed by atoms with Crippen molar-refractivity contribution >= 4 is 17.9 Å². The van der Waals surface area contributed by atoms with Gasteiger partial charge in [-0.25, -0.2) is 4.79 Å². The molecule has 4 heteroatoms. The van der Waals surface area contributed by atoms with E-state index >= 15 is 0 Å². The summed E-state index contributed by atoms with van der Waals surface area (Å²) < 4.78 is 5.32. The second-order valence-corrected chi connectivity index (χ2v) is 5.22. The molecule has 0 spiro atoms. The van der Waals surface area contributed by atoms with Crippen LogP contribution in [0.15, 0.2) is 0 Å². The van der Waals surface area contributed by atoms with Crippen molar-refractivity contribution in [3.05, 3.63) is 0 Å². The number of cyclic esters (lactones) is 1. The SMILES string of the molecule is CC1(C2CCCCS2)CNC(=O)O1. The van der Waals surface area contributed by atoms with Crippen LogP contribution >= 0.6 is 11.8 Å². The van der Waals surface area contributed by atoms with E-state index in [9.17, 15) is 4.79 Å². The third-order valence-electron chi connectivity index (χ3n) is 2.77. The number of nitrogens with one attached hydrogen (secondary N) is 1. The van der Waals surface area contributed by atoms with Crippen molar-refractivity contribution in [3.8, 4) is 0 Å². The number of carbonyl (C=O) groups excluding carboxylic acids is 1. The summed E-state index contributed by atoms with van der Waals surface area (Å²) in [4.78, 5) is 11.0. The average Bonchev–Trinajstić information content (AvgIpc) is 2.49. The molecule has 0 bridgehead atoms. The molecule has 0 saturated carbocycles. The van der Waals surface area contributed by atoms with Gasteiger partial charge in [0.1, 0.15) is 5.60 Å². The Morgan fingerprint density at radius 1 is 1.62 bits per heavy atom. The molecule has 74 valence electrons. The number of ether oxygens (including phenoxy) is 1. The third-order valence-corrected chi connectivity index (χ3v) is 4.43. The minimum Gasteiger partial charge on any atom is -0.440 e. The molecule has 1 amide bonds. The van der Waals surface area contributed by atoms with E-state index in [1.807, 2.05) is 18.7 Å². The molecule has 3 nitrogen and oxygen atoms in total. The van der Waals surface area contributed by atoms with Gasteiger partial charge in [0, 0.05) is 5.25 Å². The van der Waals surface area contributed by atoms with E-state index in [0.717, 1.165) is 0 Å². The molecule has 2 aliphatic rings. The molecule has 2 rings (SSSR count). The van der Waals surface area contributed by atoms with Crippen LogP contribution in [0.4, 0.5) is 4.79 Å². The van der Waals surface area contributed by atoms with Crippen molar-refractivity contribution in [1.29, 1.82) is 0 Å². The molecule has 1 N–H and O–H groups in total. The smallest absolute Gasteiger partial charge is 0.407 e. The fraction of sp³-hybridized carbons (Fsp3) is 0.889. The Bertz CT molecular complexity index is 216. The Morgan fingerprint density at radius 3 is 3.00 bits per heavy atom. The first-order chi connectivity index (χ1) is 6.21. The summed E-state index contributed by atoms with van der Waals surface area (Å²) in [6.07, 6.45) is 3.49. The van der Waals surface area contributed by atoms with Gasteiger partial charge in [0.15, 0.2) is 0 Å². The average molecular weight is 201 g/mol. The Morgan fingerprint density at radius 2 is 2.46 bits per heavy atom. The predicted molar refractivity (Wildman–Crippen MR) is 53.0 cm³/mol.